The molecule has 0 aliphatic rings. The van der Waals surface area contributed by atoms with E-state index in [1.807, 2.05) is 0 Å². The topological polar surface area (TPSA) is 18.5 Å². The minimum Gasteiger partial charge on any atom is -0.519 e. The third-order valence-electron chi connectivity index (χ3n) is 5.23. The molecular formula is C22H2BF15O2. The summed E-state index contributed by atoms with van der Waals surface area (Å²) in [6, 6.07) is 0.202. The molecule has 0 aliphatic carbocycles. The Morgan fingerprint density at radius 2 is 0.725 bits per heavy atom. The van der Waals surface area contributed by atoms with E-state index in [4.69, 9.17) is 0 Å². The Kier molecular flexibility index (Phi) is 7.23. The molecule has 18 heteroatoms. The SMILES string of the molecule is Fc1ccc(F)c(OB(Oc2c(F)c(F)c(F)c3c(F)c(F)c(F)c(F)c23)c2c(F)c(F)c(F)c(F)c2F)c1F. The molecule has 0 radical (unpaired) electrons. The lowest BCUT2D eigenvalue weighted by atomic mass is 9.77. The van der Waals surface area contributed by atoms with E-state index in [9.17, 15) is 65.9 Å². The summed E-state index contributed by atoms with van der Waals surface area (Å²) < 4.78 is 221. The molecule has 0 aliphatic heterocycles. The van der Waals surface area contributed by atoms with Crippen molar-refractivity contribution >= 4 is 23.4 Å². The largest absolute Gasteiger partial charge is 0.639 e. The van der Waals surface area contributed by atoms with E-state index in [0.717, 1.165) is 0 Å². The van der Waals surface area contributed by atoms with Gasteiger partial charge in [-0.1, -0.05) is 0 Å². The standard InChI is InChI=1S/C22H2BF15O2/c24-3-1-2-4(25)21(8(3)26)39-23(7-12(30)17(35)19(37)18(36)13(7)31)40-22-6-5(10(28)16(34)20(22)38)9(27)14(32)15(33)11(6)29/h1-2H. The molecule has 210 valence electrons. The van der Waals surface area contributed by atoms with Crippen molar-refractivity contribution < 1.29 is 75.2 Å². The third-order valence-corrected chi connectivity index (χ3v) is 5.23. The molecule has 4 rings (SSSR count). The molecule has 2 nitrogen and oxygen atoms in total. The zero-order valence-electron chi connectivity index (χ0n) is 18.2. The summed E-state index contributed by atoms with van der Waals surface area (Å²) in [4.78, 5) is 0. The average Bonchev–Trinajstić information content (AvgIpc) is 2.92. The minimum absolute atomic E-state index is 0.0874. The summed E-state index contributed by atoms with van der Waals surface area (Å²) in [5.41, 5.74) is -2.42. The fourth-order valence-corrected chi connectivity index (χ4v) is 3.38. The quantitative estimate of drug-likeness (QED) is 0.110. The summed E-state index contributed by atoms with van der Waals surface area (Å²) in [6.45, 7) is 0. The highest BCUT2D eigenvalue weighted by molar-refractivity contribution is 6.63. The van der Waals surface area contributed by atoms with Gasteiger partial charge in [-0.2, -0.15) is 8.78 Å². The first kappa shape index (κ1) is 28.8. The van der Waals surface area contributed by atoms with Gasteiger partial charge in [-0.3, -0.25) is 0 Å². The summed E-state index contributed by atoms with van der Waals surface area (Å²) in [6.07, 6.45) is 0. The monoisotopic (exact) mass is 594 g/mol. The van der Waals surface area contributed by atoms with Crippen LogP contribution in [-0.2, 0) is 0 Å². The molecule has 0 saturated heterocycles. The third kappa shape index (κ3) is 4.21. The molecule has 0 saturated carbocycles. The molecule has 0 amide bonds. The van der Waals surface area contributed by atoms with Crippen molar-refractivity contribution in [3.63, 3.8) is 0 Å². The van der Waals surface area contributed by atoms with Crippen molar-refractivity contribution in [3.05, 3.63) is 99.4 Å². The highest BCUT2D eigenvalue weighted by Gasteiger charge is 2.43. The summed E-state index contributed by atoms with van der Waals surface area (Å²) in [5, 5.41) is -4.44. The first-order chi connectivity index (χ1) is 18.6. The van der Waals surface area contributed by atoms with Crippen LogP contribution in [0.25, 0.3) is 10.8 Å². The highest BCUT2D eigenvalue weighted by Crippen LogP contribution is 2.39. The molecule has 0 bridgehead atoms. The summed E-state index contributed by atoms with van der Waals surface area (Å²) >= 11 is 0. The van der Waals surface area contributed by atoms with Gasteiger partial charge in [-0.25, -0.2) is 57.1 Å². The lowest BCUT2D eigenvalue weighted by Crippen LogP contribution is -2.48. The van der Waals surface area contributed by atoms with Crippen LogP contribution < -0.4 is 14.8 Å². The zero-order chi connectivity index (χ0) is 30.0. The molecule has 0 spiro atoms. The molecule has 0 atom stereocenters. The van der Waals surface area contributed by atoms with Gasteiger partial charge in [0.1, 0.15) is 0 Å². The molecule has 40 heavy (non-hydrogen) atoms. The fraction of sp³-hybridized carbons (Fsp3) is 0. The number of benzene rings is 4. The van der Waals surface area contributed by atoms with E-state index in [1.165, 1.54) is 0 Å². The maximum Gasteiger partial charge on any atom is 0.639 e. The van der Waals surface area contributed by atoms with Gasteiger partial charge in [0.25, 0.3) is 0 Å². The van der Waals surface area contributed by atoms with Crippen LogP contribution in [0.5, 0.6) is 11.5 Å². The van der Waals surface area contributed by atoms with Crippen molar-refractivity contribution in [2.75, 3.05) is 0 Å². The van der Waals surface area contributed by atoms with Crippen LogP contribution in [0.15, 0.2) is 12.1 Å². The van der Waals surface area contributed by atoms with Crippen LogP contribution in [0, 0.1) is 87.3 Å². The average molecular weight is 594 g/mol. The molecule has 4 aromatic carbocycles. The molecule has 0 heterocycles. The lowest BCUT2D eigenvalue weighted by molar-refractivity contribution is 0.354. The van der Waals surface area contributed by atoms with Crippen LogP contribution in [0.2, 0.25) is 0 Å². The maximum absolute atomic E-state index is 14.7. The molecule has 0 unspecified atom stereocenters. The first-order valence-corrected chi connectivity index (χ1v) is 9.91. The van der Waals surface area contributed by atoms with Gasteiger partial charge in [0.2, 0.25) is 11.6 Å². The Hall–Kier alpha value is -4.25. The van der Waals surface area contributed by atoms with Crippen molar-refractivity contribution in [2.24, 2.45) is 0 Å². The Labute approximate surface area is 210 Å². The second-order valence-electron chi connectivity index (χ2n) is 7.50. The second-order valence-corrected chi connectivity index (χ2v) is 7.50. The van der Waals surface area contributed by atoms with Crippen molar-refractivity contribution in [1.29, 1.82) is 0 Å². The first-order valence-electron chi connectivity index (χ1n) is 9.91. The van der Waals surface area contributed by atoms with Gasteiger partial charge >= 0.3 is 7.12 Å². The number of hydrogen-bond donors (Lipinski definition) is 0. The van der Waals surface area contributed by atoms with Crippen LogP contribution in [0.1, 0.15) is 0 Å². The predicted molar refractivity (Wildman–Crippen MR) is 103 cm³/mol. The number of halogens is 15. The highest BCUT2D eigenvalue weighted by atomic mass is 19.2. The summed E-state index contributed by atoms with van der Waals surface area (Å²) in [7, 11) is -3.67. The van der Waals surface area contributed by atoms with Gasteiger partial charge < -0.3 is 9.31 Å². The van der Waals surface area contributed by atoms with E-state index in [-0.39, 0.29) is 12.1 Å². The summed E-state index contributed by atoms with van der Waals surface area (Å²) in [5.74, 6) is -44.5. The Bertz CT molecular complexity index is 1690. The van der Waals surface area contributed by atoms with E-state index >= 15 is 0 Å². The van der Waals surface area contributed by atoms with E-state index < -0.39 is 122 Å². The number of rotatable bonds is 5. The van der Waals surface area contributed by atoms with Crippen LogP contribution in [0.3, 0.4) is 0 Å². The fourth-order valence-electron chi connectivity index (χ4n) is 3.38. The molecule has 0 fully saturated rings. The van der Waals surface area contributed by atoms with Gasteiger partial charge in [-0.05, 0) is 12.1 Å². The smallest absolute Gasteiger partial charge is 0.519 e. The van der Waals surface area contributed by atoms with Gasteiger partial charge in [0.15, 0.2) is 87.1 Å². The molecule has 0 aromatic heterocycles. The van der Waals surface area contributed by atoms with Crippen LogP contribution >= 0.6 is 0 Å². The molecule has 4 aromatic rings. The van der Waals surface area contributed by atoms with Gasteiger partial charge in [-0.15, -0.1) is 0 Å². The van der Waals surface area contributed by atoms with Crippen molar-refractivity contribution in [3.8, 4) is 11.5 Å². The number of hydrogen-bond acceptors (Lipinski definition) is 2. The second kappa shape index (κ2) is 10.1. The van der Waals surface area contributed by atoms with Gasteiger partial charge in [0.05, 0.1) is 16.2 Å². The molecule has 0 N–H and O–H groups in total. The van der Waals surface area contributed by atoms with Crippen molar-refractivity contribution in [2.45, 2.75) is 0 Å². The number of fused-ring (bicyclic) bond motifs is 1. The van der Waals surface area contributed by atoms with E-state index in [1.54, 1.807) is 0 Å². The van der Waals surface area contributed by atoms with Crippen molar-refractivity contribution in [1.82, 2.24) is 0 Å². The maximum atomic E-state index is 14.7. The van der Waals surface area contributed by atoms with E-state index in [0.29, 0.717) is 0 Å². The normalized spacial score (nSPS) is 11.4. The zero-order valence-corrected chi connectivity index (χ0v) is 18.2. The Morgan fingerprint density at radius 1 is 0.350 bits per heavy atom. The van der Waals surface area contributed by atoms with Gasteiger partial charge in [0, 0.05) is 0 Å². The van der Waals surface area contributed by atoms with Crippen LogP contribution in [0.4, 0.5) is 65.9 Å². The molecular weight excluding hydrogens is 592 g/mol. The predicted octanol–water partition coefficient (Wildman–Crippen LogP) is 6.78. The van der Waals surface area contributed by atoms with E-state index in [2.05, 4.69) is 9.31 Å². The Balaban J connectivity index is 2.10. The minimum atomic E-state index is -3.67. The lowest BCUT2D eigenvalue weighted by Gasteiger charge is -2.21. The van der Waals surface area contributed by atoms with Crippen LogP contribution in [-0.4, -0.2) is 7.12 Å². The Morgan fingerprint density at radius 3 is 1.25 bits per heavy atom.